The Labute approximate surface area is 145 Å². The first-order valence-electron chi connectivity index (χ1n) is 8.11. The molecule has 0 radical (unpaired) electrons. The van der Waals surface area contributed by atoms with Crippen LogP contribution in [0.2, 0.25) is 0 Å². The number of para-hydroxylation sites is 1. The molecule has 0 spiro atoms. The Hall–Kier alpha value is -3.34. The highest BCUT2D eigenvalue weighted by Crippen LogP contribution is 2.28. The summed E-state index contributed by atoms with van der Waals surface area (Å²) in [7, 11) is 1.66. The predicted octanol–water partition coefficient (Wildman–Crippen LogP) is 4.25. The first kappa shape index (κ1) is 15.2. The summed E-state index contributed by atoms with van der Waals surface area (Å²) in [6, 6.07) is 20.0. The van der Waals surface area contributed by atoms with Crippen molar-refractivity contribution in [2.75, 3.05) is 12.4 Å². The summed E-state index contributed by atoms with van der Waals surface area (Å²) in [4.78, 5) is 3.23. The molecule has 25 heavy (non-hydrogen) atoms. The third-order valence-electron chi connectivity index (χ3n) is 4.19. The van der Waals surface area contributed by atoms with E-state index in [4.69, 9.17) is 4.74 Å². The normalized spacial score (nSPS) is 10.8. The Kier molecular flexibility index (Phi) is 4.04. The monoisotopic (exact) mass is 330 g/mol. The molecule has 0 unspecified atom stereocenters. The van der Waals surface area contributed by atoms with Crippen molar-refractivity contribution < 1.29 is 4.74 Å². The van der Waals surface area contributed by atoms with Crippen LogP contribution in [0.4, 0.5) is 5.82 Å². The maximum absolute atomic E-state index is 5.38. The second-order valence-corrected chi connectivity index (χ2v) is 5.71. The van der Waals surface area contributed by atoms with E-state index in [-0.39, 0.29) is 0 Å². The molecule has 124 valence electrons. The Morgan fingerprint density at radius 2 is 1.88 bits per heavy atom. The number of H-pyrrole nitrogens is 1. The molecule has 0 saturated heterocycles. The van der Waals surface area contributed by atoms with Crippen molar-refractivity contribution in [1.82, 2.24) is 15.2 Å². The number of aromatic nitrogens is 3. The molecule has 2 heterocycles. The summed E-state index contributed by atoms with van der Waals surface area (Å²) in [5.74, 6) is 1.53. The largest absolute Gasteiger partial charge is 0.496 e. The molecule has 5 nitrogen and oxygen atoms in total. The zero-order valence-electron chi connectivity index (χ0n) is 13.9. The zero-order chi connectivity index (χ0) is 17.1. The minimum absolute atomic E-state index is 0.692. The lowest BCUT2D eigenvalue weighted by Gasteiger charge is -2.09. The number of methoxy groups -OCH3 is 1. The average Bonchev–Trinajstić information content (AvgIpc) is 3.16. The van der Waals surface area contributed by atoms with E-state index < -0.39 is 0 Å². The van der Waals surface area contributed by atoms with E-state index in [9.17, 15) is 0 Å². The van der Waals surface area contributed by atoms with Crippen LogP contribution in [0.15, 0.2) is 66.9 Å². The summed E-state index contributed by atoms with van der Waals surface area (Å²) in [6.07, 6.45) is 1.95. The highest BCUT2D eigenvalue weighted by Gasteiger charge is 2.07. The van der Waals surface area contributed by atoms with Gasteiger partial charge in [-0.2, -0.15) is 0 Å². The van der Waals surface area contributed by atoms with Gasteiger partial charge in [-0.1, -0.05) is 24.3 Å². The van der Waals surface area contributed by atoms with Crippen LogP contribution in [0.5, 0.6) is 5.75 Å². The Morgan fingerprint density at radius 3 is 2.72 bits per heavy atom. The van der Waals surface area contributed by atoms with Gasteiger partial charge in [0, 0.05) is 29.2 Å². The smallest absolute Gasteiger partial charge is 0.148 e. The van der Waals surface area contributed by atoms with E-state index in [2.05, 4.69) is 38.7 Å². The number of anilines is 1. The van der Waals surface area contributed by atoms with E-state index in [0.717, 1.165) is 28.3 Å². The van der Waals surface area contributed by atoms with Gasteiger partial charge in [-0.15, -0.1) is 10.2 Å². The second kappa shape index (κ2) is 6.65. The maximum Gasteiger partial charge on any atom is 0.148 e. The maximum atomic E-state index is 5.38. The summed E-state index contributed by atoms with van der Waals surface area (Å²) in [5, 5.41) is 13.2. The van der Waals surface area contributed by atoms with Crippen molar-refractivity contribution in [1.29, 1.82) is 0 Å². The Morgan fingerprint density at radius 1 is 0.960 bits per heavy atom. The summed E-state index contributed by atoms with van der Waals surface area (Å²) in [6.45, 7) is 0.692. The molecule has 5 heteroatoms. The fourth-order valence-corrected chi connectivity index (χ4v) is 2.92. The number of benzene rings is 2. The van der Waals surface area contributed by atoms with E-state index in [1.165, 1.54) is 10.9 Å². The van der Waals surface area contributed by atoms with Crippen molar-refractivity contribution in [3.05, 3.63) is 72.4 Å². The highest BCUT2D eigenvalue weighted by atomic mass is 16.5. The quantitative estimate of drug-likeness (QED) is 0.574. The van der Waals surface area contributed by atoms with Gasteiger partial charge in [0.1, 0.15) is 11.6 Å². The van der Waals surface area contributed by atoms with Gasteiger partial charge in [0.25, 0.3) is 0 Å². The topological polar surface area (TPSA) is 62.8 Å². The van der Waals surface area contributed by atoms with E-state index in [1.807, 2.05) is 48.7 Å². The van der Waals surface area contributed by atoms with Crippen LogP contribution in [0, 0.1) is 0 Å². The van der Waals surface area contributed by atoms with Crippen LogP contribution >= 0.6 is 0 Å². The molecule has 4 rings (SSSR count). The van der Waals surface area contributed by atoms with Crippen LogP contribution in [0.1, 0.15) is 5.56 Å². The molecule has 0 aliphatic carbocycles. The molecule has 0 atom stereocenters. The summed E-state index contributed by atoms with van der Waals surface area (Å²) >= 11 is 0. The Bertz CT molecular complexity index is 992. The molecule has 2 N–H and O–H groups in total. The first-order valence-corrected chi connectivity index (χ1v) is 8.11. The third kappa shape index (κ3) is 3.04. The summed E-state index contributed by atoms with van der Waals surface area (Å²) < 4.78 is 5.38. The molecule has 2 aromatic heterocycles. The first-order chi connectivity index (χ1) is 12.3. The number of nitrogens with one attached hydrogen (secondary N) is 2. The van der Waals surface area contributed by atoms with Crippen LogP contribution < -0.4 is 10.1 Å². The van der Waals surface area contributed by atoms with Gasteiger partial charge in [-0.05, 0) is 42.0 Å². The fourth-order valence-electron chi connectivity index (χ4n) is 2.92. The molecule has 0 aliphatic heterocycles. The van der Waals surface area contributed by atoms with Gasteiger partial charge in [0.05, 0.1) is 12.8 Å². The third-order valence-corrected chi connectivity index (χ3v) is 4.19. The minimum Gasteiger partial charge on any atom is -0.496 e. The van der Waals surface area contributed by atoms with Crippen LogP contribution in [-0.2, 0) is 6.54 Å². The van der Waals surface area contributed by atoms with Gasteiger partial charge in [0.15, 0.2) is 0 Å². The molecule has 0 amide bonds. The van der Waals surface area contributed by atoms with Gasteiger partial charge in [-0.3, -0.25) is 0 Å². The van der Waals surface area contributed by atoms with Crippen molar-refractivity contribution >= 4 is 16.7 Å². The van der Waals surface area contributed by atoms with Crippen molar-refractivity contribution in [2.45, 2.75) is 6.54 Å². The van der Waals surface area contributed by atoms with Crippen LogP contribution in [0.3, 0.4) is 0 Å². The molecule has 4 aromatic rings. The second-order valence-electron chi connectivity index (χ2n) is 5.71. The summed E-state index contributed by atoms with van der Waals surface area (Å²) in [5.41, 5.74) is 4.07. The number of fused-ring (bicyclic) bond motifs is 1. The number of nitrogens with zero attached hydrogens (tertiary/aromatic N) is 2. The Balaban J connectivity index is 1.52. The standard InChI is InChI=1S/C20H18N4O/c1-25-19-8-3-2-6-16(19)18-9-10-20(24-23-18)22-13-14-5-4-7-17-15(14)11-12-21-17/h2-12,21H,13H2,1H3,(H,22,24). The number of hydrogen-bond donors (Lipinski definition) is 2. The lowest BCUT2D eigenvalue weighted by molar-refractivity contribution is 0.416. The highest BCUT2D eigenvalue weighted by molar-refractivity contribution is 5.83. The van der Waals surface area contributed by atoms with Crippen LogP contribution in [0.25, 0.3) is 22.2 Å². The van der Waals surface area contributed by atoms with Crippen molar-refractivity contribution in [3.8, 4) is 17.0 Å². The lowest BCUT2D eigenvalue weighted by atomic mass is 10.1. The van der Waals surface area contributed by atoms with Crippen LogP contribution in [-0.4, -0.2) is 22.3 Å². The fraction of sp³-hybridized carbons (Fsp3) is 0.100. The van der Waals surface area contributed by atoms with E-state index >= 15 is 0 Å². The number of rotatable bonds is 5. The molecule has 0 aliphatic rings. The van der Waals surface area contributed by atoms with Crippen molar-refractivity contribution in [2.24, 2.45) is 0 Å². The average molecular weight is 330 g/mol. The SMILES string of the molecule is COc1ccccc1-c1ccc(NCc2cccc3[nH]ccc23)nn1. The number of aromatic amines is 1. The minimum atomic E-state index is 0.692. The zero-order valence-corrected chi connectivity index (χ0v) is 13.9. The molecule has 0 saturated carbocycles. The van der Waals surface area contributed by atoms with Gasteiger partial charge in [0.2, 0.25) is 0 Å². The molecule has 0 bridgehead atoms. The molecule has 2 aromatic carbocycles. The van der Waals surface area contributed by atoms with E-state index in [1.54, 1.807) is 7.11 Å². The van der Waals surface area contributed by atoms with Gasteiger partial charge >= 0.3 is 0 Å². The van der Waals surface area contributed by atoms with Gasteiger partial charge in [-0.25, -0.2) is 0 Å². The molecular formula is C20H18N4O. The predicted molar refractivity (Wildman–Crippen MR) is 99.6 cm³/mol. The molecular weight excluding hydrogens is 312 g/mol. The van der Waals surface area contributed by atoms with Crippen molar-refractivity contribution in [3.63, 3.8) is 0 Å². The van der Waals surface area contributed by atoms with Gasteiger partial charge < -0.3 is 15.0 Å². The molecule has 0 fully saturated rings. The number of hydrogen-bond acceptors (Lipinski definition) is 4. The number of ether oxygens (including phenoxy) is 1. The van der Waals surface area contributed by atoms with E-state index in [0.29, 0.717) is 6.54 Å². The lowest BCUT2D eigenvalue weighted by Crippen LogP contribution is -2.03.